The van der Waals surface area contributed by atoms with E-state index in [9.17, 15) is 14.7 Å². The molecule has 1 saturated heterocycles. The van der Waals surface area contributed by atoms with Crippen LogP contribution >= 0.6 is 22.9 Å². The van der Waals surface area contributed by atoms with Gasteiger partial charge in [-0.25, -0.2) is 4.98 Å². The monoisotopic (exact) mass is 495 g/mol. The molecule has 0 radical (unpaired) electrons. The van der Waals surface area contributed by atoms with E-state index in [1.807, 2.05) is 11.4 Å². The molecule has 3 heterocycles. The number of hydrogen-bond donors (Lipinski definition) is 2. The van der Waals surface area contributed by atoms with Crippen LogP contribution in [-0.2, 0) is 9.59 Å². The highest BCUT2D eigenvalue weighted by molar-refractivity contribution is 7.10. The van der Waals surface area contributed by atoms with Gasteiger partial charge in [-0.2, -0.15) is 0 Å². The number of aromatic nitrogens is 2. The normalized spacial score (nSPS) is 17.5. The molecule has 1 unspecified atom stereocenters. The Labute approximate surface area is 203 Å². The van der Waals surface area contributed by atoms with Crippen LogP contribution in [0.2, 0.25) is 5.02 Å². The number of Topliss-reactive ketones (excluding diaryl/α,β-unsaturated/α-hetero) is 1. The van der Waals surface area contributed by atoms with Gasteiger partial charge in [-0.05, 0) is 35.7 Å². The summed E-state index contributed by atoms with van der Waals surface area (Å²) in [5.74, 6) is -0.748. The number of nitrogens with one attached hydrogen (secondary N) is 1. The summed E-state index contributed by atoms with van der Waals surface area (Å²) in [4.78, 5) is 36.0. The van der Waals surface area contributed by atoms with Gasteiger partial charge in [0, 0.05) is 27.6 Å². The van der Waals surface area contributed by atoms with Gasteiger partial charge in [0.15, 0.2) is 11.5 Å². The lowest BCUT2D eigenvalue weighted by atomic mass is 10.00. The van der Waals surface area contributed by atoms with E-state index in [1.54, 1.807) is 42.5 Å². The fourth-order valence-electron chi connectivity index (χ4n) is 3.97. The number of rotatable bonds is 5. The number of hydrogen-bond acceptors (Lipinski definition) is 7. The van der Waals surface area contributed by atoms with Gasteiger partial charge < -0.3 is 19.6 Å². The van der Waals surface area contributed by atoms with Crippen LogP contribution in [0.5, 0.6) is 11.5 Å². The summed E-state index contributed by atoms with van der Waals surface area (Å²) in [7, 11) is 3.04. The molecule has 1 fully saturated rings. The van der Waals surface area contributed by atoms with E-state index in [2.05, 4.69) is 9.97 Å². The maximum Gasteiger partial charge on any atom is 0.302 e. The highest BCUT2D eigenvalue weighted by Gasteiger charge is 2.48. The number of aliphatic hydroxyl groups excluding tert-OH is 1. The van der Waals surface area contributed by atoms with Gasteiger partial charge in [0.05, 0.1) is 30.8 Å². The van der Waals surface area contributed by atoms with Gasteiger partial charge in [-0.3, -0.25) is 14.5 Å². The SMILES string of the molecule is COc1cc2nc(N3C(=O)C(=O)/C(=C(/O)c4ccc(Cl)cc4)C3c3cccs3)[nH]c2cc1OC. The molecule has 1 atom stereocenters. The molecule has 8 nitrogen and oxygen atoms in total. The first-order chi connectivity index (χ1) is 16.4. The molecule has 0 aliphatic carbocycles. The molecule has 4 aromatic rings. The van der Waals surface area contributed by atoms with Crippen molar-refractivity contribution in [2.75, 3.05) is 19.1 Å². The van der Waals surface area contributed by atoms with Crippen LogP contribution in [0, 0.1) is 0 Å². The number of aromatic amines is 1. The number of halogens is 1. The highest BCUT2D eigenvalue weighted by atomic mass is 35.5. The van der Waals surface area contributed by atoms with Gasteiger partial charge in [-0.15, -0.1) is 11.3 Å². The maximum atomic E-state index is 13.2. The Morgan fingerprint density at radius 2 is 1.82 bits per heavy atom. The van der Waals surface area contributed by atoms with Crippen LogP contribution in [0.1, 0.15) is 16.5 Å². The molecule has 34 heavy (non-hydrogen) atoms. The molecule has 1 aliphatic rings. The van der Waals surface area contributed by atoms with Crippen molar-refractivity contribution in [3.05, 3.63) is 74.9 Å². The average Bonchev–Trinajstić information content (AvgIpc) is 3.56. The molecule has 172 valence electrons. The molecule has 2 aromatic carbocycles. The Kier molecular flexibility index (Phi) is 5.51. The molecule has 1 aliphatic heterocycles. The Morgan fingerprint density at radius 3 is 2.47 bits per heavy atom. The fraction of sp³-hybridized carbons (Fsp3) is 0.125. The van der Waals surface area contributed by atoms with Crippen molar-refractivity contribution in [3.8, 4) is 11.5 Å². The Balaban J connectivity index is 1.69. The number of anilines is 1. The second-order valence-electron chi connectivity index (χ2n) is 7.48. The van der Waals surface area contributed by atoms with Crippen LogP contribution in [0.25, 0.3) is 16.8 Å². The summed E-state index contributed by atoms with van der Waals surface area (Å²) in [6.45, 7) is 0. The predicted molar refractivity (Wildman–Crippen MR) is 130 cm³/mol. The van der Waals surface area contributed by atoms with Gasteiger partial charge in [0.25, 0.3) is 5.78 Å². The number of thiophene rings is 1. The van der Waals surface area contributed by atoms with Gasteiger partial charge in [0.1, 0.15) is 11.8 Å². The third-order valence-electron chi connectivity index (χ3n) is 5.58. The van der Waals surface area contributed by atoms with E-state index in [-0.39, 0.29) is 17.3 Å². The lowest BCUT2D eigenvalue weighted by Gasteiger charge is -2.21. The van der Waals surface area contributed by atoms with E-state index in [0.29, 0.717) is 38.0 Å². The summed E-state index contributed by atoms with van der Waals surface area (Å²) >= 11 is 7.33. The number of ether oxygens (including phenoxy) is 2. The van der Waals surface area contributed by atoms with Crippen molar-refractivity contribution >= 4 is 57.4 Å². The number of amides is 1. The van der Waals surface area contributed by atoms with Crippen LogP contribution < -0.4 is 14.4 Å². The largest absolute Gasteiger partial charge is 0.507 e. The van der Waals surface area contributed by atoms with Crippen LogP contribution in [0.15, 0.2) is 59.5 Å². The van der Waals surface area contributed by atoms with Crippen molar-refractivity contribution in [1.29, 1.82) is 0 Å². The topological polar surface area (TPSA) is 105 Å². The number of nitrogens with zero attached hydrogens (tertiary/aromatic N) is 2. The van der Waals surface area contributed by atoms with E-state index < -0.39 is 17.7 Å². The van der Waals surface area contributed by atoms with Gasteiger partial charge in [0.2, 0.25) is 5.95 Å². The number of imidazole rings is 1. The van der Waals surface area contributed by atoms with E-state index >= 15 is 0 Å². The number of aliphatic hydroxyl groups is 1. The van der Waals surface area contributed by atoms with Crippen LogP contribution in [0.3, 0.4) is 0 Å². The molecule has 0 saturated carbocycles. The van der Waals surface area contributed by atoms with E-state index in [1.165, 1.54) is 30.5 Å². The maximum absolute atomic E-state index is 13.2. The van der Waals surface area contributed by atoms with Crippen molar-refractivity contribution in [1.82, 2.24) is 9.97 Å². The minimum atomic E-state index is -0.861. The third kappa shape index (κ3) is 3.49. The zero-order valence-electron chi connectivity index (χ0n) is 18.0. The zero-order chi connectivity index (χ0) is 24.0. The molecule has 2 N–H and O–H groups in total. The summed E-state index contributed by atoms with van der Waals surface area (Å²) in [5.41, 5.74) is 1.47. The summed E-state index contributed by atoms with van der Waals surface area (Å²) in [6, 6.07) is 12.5. The van der Waals surface area contributed by atoms with Crippen molar-refractivity contribution in [3.63, 3.8) is 0 Å². The molecule has 1 amide bonds. The number of fused-ring (bicyclic) bond motifs is 1. The minimum Gasteiger partial charge on any atom is -0.507 e. The summed E-state index contributed by atoms with van der Waals surface area (Å²) in [5, 5.41) is 13.4. The zero-order valence-corrected chi connectivity index (χ0v) is 19.6. The first-order valence-electron chi connectivity index (χ1n) is 10.1. The Bertz CT molecular complexity index is 1400. The highest BCUT2D eigenvalue weighted by Crippen LogP contribution is 2.43. The smallest absolute Gasteiger partial charge is 0.302 e. The van der Waals surface area contributed by atoms with Crippen molar-refractivity contribution in [2.45, 2.75) is 6.04 Å². The first-order valence-corrected chi connectivity index (χ1v) is 11.4. The molecule has 0 spiro atoms. The van der Waals surface area contributed by atoms with Gasteiger partial charge in [-0.1, -0.05) is 17.7 Å². The molecular weight excluding hydrogens is 478 g/mol. The third-order valence-corrected chi connectivity index (χ3v) is 6.75. The molecule has 5 rings (SSSR count). The quantitative estimate of drug-likeness (QED) is 0.231. The number of carbonyl (C=O) groups excluding carboxylic acids is 2. The Morgan fingerprint density at radius 1 is 1.12 bits per heavy atom. The fourth-order valence-corrected chi connectivity index (χ4v) is 4.92. The molecule has 0 bridgehead atoms. The first kappa shape index (κ1) is 22.0. The lowest BCUT2D eigenvalue weighted by molar-refractivity contribution is -0.132. The summed E-state index contributed by atoms with van der Waals surface area (Å²) < 4.78 is 10.7. The Hall–Kier alpha value is -3.82. The molecule has 2 aromatic heterocycles. The second-order valence-corrected chi connectivity index (χ2v) is 8.89. The second kappa shape index (κ2) is 8.51. The predicted octanol–water partition coefficient (Wildman–Crippen LogP) is 4.92. The number of ketones is 1. The van der Waals surface area contributed by atoms with Gasteiger partial charge >= 0.3 is 5.91 Å². The van der Waals surface area contributed by atoms with Crippen molar-refractivity contribution < 1.29 is 24.2 Å². The number of benzene rings is 2. The van der Waals surface area contributed by atoms with E-state index in [0.717, 1.165) is 0 Å². The molecular formula is C24H18ClN3O5S. The molecule has 10 heteroatoms. The summed E-state index contributed by atoms with van der Waals surface area (Å²) in [6.07, 6.45) is 0. The van der Waals surface area contributed by atoms with E-state index in [4.69, 9.17) is 21.1 Å². The minimum absolute atomic E-state index is 0.0228. The lowest BCUT2D eigenvalue weighted by Crippen LogP contribution is -2.30. The van der Waals surface area contributed by atoms with Crippen LogP contribution in [0.4, 0.5) is 5.95 Å². The average molecular weight is 496 g/mol. The van der Waals surface area contributed by atoms with Crippen molar-refractivity contribution in [2.24, 2.45) is 0 Å². The van der Waals surface area contributed by atoms with Crippen LogP contribution in [-0.4, -0.2) is 41.0 Å². The number of carbonyl (C=O) groups is 2. The standard InChI is InChI=1S/C24H18ClN3O5S/c1-32-16-10-14-15(11-17(16)33-2)27-24(26-14)28-20(18-4-3-9-34-18)19(22(30)23(28)31)21(29)12-5-7-13(25)8-6-12/h3-11,20,29H,1-2H3,(H,26,27)/b21-19+. The number of H-pyrrole nitrogens is 1. The number of methoxy groups -OCH3 is 2.